The predicted molar refractivity (Wildman–Crippen MR) is 130 cm³/mol. The van der Waals surface area contributed by atoms with E-state index in [1.807, 2.05) is 6.07 Å². The molecule has 9 heteroatoms. The number of piperidine rings is 1. The zero-order valence-electron chi connectivity index (χ0n) is 17.9. The van der Waals surface area contributed by atoms with Crippen LogP contribution in [0.2, 0.25) is 0 Å². The van der Waals surface area contributed by atoms with E-state index in [-0.39, 0.29) is 43.9 Å². The first-order valence-corrected chi connectivity index (χ1v) is 11.9. The third-order valence-corrected chi connectivity index (χ3v) is 7.04. The fraction of sp³-hybridized carbons (Fsp3) is 0.375. The van der Waals surface area contributed by atoms with Gasteiger partial charge >= 0.3 is 6.03 Å². The molecule has 2 aromatic rings. The molecule has 0 saturated carbocycles. The van der Waals surface area contributed by atoms with Gasteiger partial charge in [0.25, 0.3) is 5.91 Å². The molecule has 33 heavy (non-hydrogen) atoms. The summed E-state index contributed by atoms with van der Waals surface area (Å²) in [5, 5.41) is 14.6. The normalized spacial score (nSPS) is 19.5. The Kier molecular flexibility index (Phi) is 7.14. The molecular weight excluding hydrogens is 538 g/mol. The minimum absolute atomic E-state index is 0.0158. The molecule has 0 radical (unpaired) electrons. The summed E-state index contributed by atoms with van der Waals surface area (Å²) in [7, 11) is 0. The van der Waals surface area contributed by atoms with E-state index in [4.69, 9.17) is 10.00 Å². The number of amides is 3. The van der Waals surface area contributed by atoms with Gasteiger partial charge in [-0.2, -0.15) is 5.26 Å². The highest BCUT2D eigenvalue weighted by molar-refractivity contribution is 14.1. The van der Waals surface area contributed by atoms with Crippen LogP contribution in [0.1, 0.15) is 40.7 Å². The minimum Gasteiger partial charge on any atom is -0.379 e. The summed E-state index contributed by atoms with van der Waals surface area (Å²) in [4.78, 5) is 27.0. The lowest BCUT2D eigenvalue weighted by Crippen LogP contribution is -2.43. The molecule has 0 aromatic heterocycles. The number of alkyl halides is 1. The van der Waals surface area contributed by atoms with Gasteiger partial charge < -0.3 is 20.3 Å². The molecule has 0 aliphatic carbocycles. The largest absolute Gasteiger partial charge is 0.379 e. The zero-order chi connectivity index (χ0) is 23.4. The predicted octanol–water partition coefficient (Wildman–Crippen LogP) is 4.17. The van der Waals surface area contributed by atoms with Crippen molar-refractivity contribution in [2.45, 2.75) is 31.0 Å². The van der Waals surface area contributed by atoms with Crippen molar-refractivity contribution in [3.05, 3.63) is 62.7 Å². The highest BCUT2D eigenvalue weighted by Gasteiger charge is 2.37. The average molecular weight is 562 g/mol. The molecule has 2 aromatic carbocycles. The number of hydrogen-bond donors (Lipinski definition) is 2. The van der Waals surface area contributed by atoms with Crippen LogP contribution in [0.3, 0.4) is 0 Å². The van der Waals surface area contributed by atoms with Crippen LogP contribution in [0.5, 0.6) is 0 Å². The molecule has 0 bridgehead atoms. The number of benzene rings is 2. The molecule has 172 valence electrons. The number of nitrogens with one attached hydrogen (secondary N) is 2. The molecule has 2 aliphatic heterocycles. The van der Waals surface area contributed by atoms with Crippen LogP contribution >= 0.6 is 22.6 Å². The van der Waals surface area contributed by atoms with Crippen LogP contribution in [-0.2, 0) is 10.4 Å². The molecule has 1 unspecified atom stereocenters. The third-order valence-electron chi connectivity index (χ3n) is 6.10. The SMILES string of the molecule is N#Cc1ccc(C2(F)CCN(C(=O)c3ccc(I)c(NC(=O)NC4CCOC4)c3)CC2)cc1. The fourth-order valence-electron chi connectivity index (χ4n) is 4.13. The Balaban J connectivity index is 1.39. The van der Waals surface area contributed by atoms with E-state index in [9.17, 15) is 9.59 Å². The third kappa shape index (κ3) is 5.45. The Morgan fingerprint density at radius 3 is 2.55 bits per heavy atom. The maximum Gasteiger partial charge on any atom is 0.319 e. The monoisotopic (exact) mass is 562 g/mol. The highest BCUT2D eigenvalue weighted by atomic mass is 127. The number of carbonyl (C=O) groups excluding carboxylic acids is 2. The van der Waals surface area contributed by atoms with Crippen molar-refractivity contribution in [2.24, 2.45) is 0 Å². The van der Waals surface area contributed by atoms with Gasteiger partial charge in [-0.1, -0.05) is 12.1 Å². The Labute approximate surface area is 205 Å². The smallest absolute Gasteiger partial charge is 0.319 e. The van der Waals surface area contributed by atoms with Gasteiger partial charge in [0, 0.05) is 41.7 Å². The number of nitriles is 1. The summed E-state index contributed by atoms with van der Waals surface area (Å²) in [6, 6.07) is 13.4. The number of hydrogen-bond acceptors (Lipinski definition) is 4. The van der Waals surface area contributed by atoms with E-state index in [2.05, 4.69) is 33.2 Å². The maximum absolute atomic E-state index is 15.5. The van der Waals surface area contributed by atoms with Crippen molar-refractivity contribution in [2.75, 3.05) is 31.6 Å². The number of carbonyl (C=O) groups is 2. The lowest BCUT2D eigenvalue weighted by atomic mass is 9.85. The van der Waals surface area contributed by atoms with Crippen LogP contribution in [0.15, 0.2) is 42.5 Å². The summed E-state index contributed by atoms with van der Waals surface area (Å²) < 4.78 is 21.6. The second-order valence-electron chi connectivity index (χ2n) is 8.30. The van der Waals surface area contributed by atoms with Gasteiger partial charge in [-0.05, 0) is 64.9 Å². The first-order valence-electron chi connectivity index (χ1n) is 10.8. The van der Waals surface area contributed by atoms with E-state index in [0.717, 1.165) is 9.99 Å². The molecule has 0 spiro atoms. The molecular formula is C24H24FIN4O3. The van der Waals surface area contributed by atoms with Crippen LogP contribution in [0.25, 0.3) is 0 Å². The van der Waals surface area contributed by atoms with Crippen molar-refractivity contribution in [3.8, 4) is 6.07 Å². The quantitative estimate of drug-likeness (QED) is 0.548. The van der Waals surface area contributed by atoms with E-state index in [1.165, 1.54) is 0 Å². The molecule has 3 amide bonds. The van der Waals surface area contributed by atoms with Gasteiger partial charge in [-0.25, -0.2) is 9.18 Å². The number of likely N-dealkylation sites (tertiary alicyclic amines) is 1. The van der Waals surface area contributed by atoms with Crippen LogP contribution in [0.4, 0.5) is 14.9 Å². The van der Waals surface area contributed by atoms with Crippen molar-refractivity contribution in [1.29, 1.82) is 5.26 Å². The Morgan fingerprint density at radius 1 is 1.18 bits per heavy atom. The zero-order valence-corrected chi connectivity index (χ0v) is 20.1. The van der Waals surface area contributed by atoms with Crippen LogP contribution in [0, 0.1) is 14.9 Å². The van der Waals surface area contributed by atoms with Gasteiger partial charge in [0.2, 0.25) is 0 Å². The van der Waals surface area contributed by atoms with Crippen molar-refractivity contribution in [3.63, 3.8) is 0 Å². The van der Waals surface area contributed by atoms with Gasteiger partial charge in [-0.15, -0.1) is 0 Å². The molecule has 2 aliphatic rings. The molecule has 2 saturated heterocycles. The van der Waals surface area contributed by atoms with E-state index in [0.29, 0.717) is 35.6 Å². The maximum atomic E-state index is 15.5. The van der Waals surface area contributed by atoms with Crippen molar-refractivity contribution >= 4 is 40.2 Å². The fourth-order valence-corrected chi connectivity index (χ4v) is 4.60. The second kappa shape index (κ2) is 10.1. The standard InChI is InChI=1S/C24H24FIN4O3/c25-24(18-4-1-16(14-27)2-5-18)8-10-30(11-9-24)22(31)17-3-6-20(26)21(13-17)29-23(32)28-19-7-12-33-15-19/h1-6,13,19H,7-12,15H2,(H2,28,29,32). The molecule has 1 atom stereocenters. The topological polar surface area (TPSA) is 94.5 Å². The Morgan fingerprint density at radius 2 is 1.91 bits per heavy atom. The first-order chi connectivity index (χ1) is 15.9. The lowest BCUT2D eigenvalue weighted by Gasteiger charge is -2.36. The van der Waals surface area contributed by atoms with E-state index < -0.39 is 5.67 Å². The number of halogens is 2. The summed E-state index contributed by atoms with van der Waals surface area (Å²) in [6.07, 6.45) is 1.15. The van der Waals surface area contributed by atoms with Gasteiger partial charge in [0.1, 0.15) is 5.67 Å². The van der Waals surface area contributed by atoms with Crippen LogP contribution < -0.4 is 10.6 Å². The van der Waals surface area contributed by atoms with E-state index in [1.54, 1.807) is 47.4 Å². The highest BCUT2D eigenvalue weighted by Crippen LogP contribution is 2.37. The van der Waals surface area contributed by atoms with Gasteiger partial charge in [0.05, 0.1) is 30.0 Å². The van der Waals surface area contributed by atoms with E-state index >= 15 is 4.39 Å². The molecule has 2 heterocycles. The number of ether oxygens (including phenoxy) is 1. The minimum atomic E-state index is -1.52. The second-order valence-corrected chi connectivity index (χ2v) is 9.46. The number of rotatable bonds is 4. The van der Waals surface area contributed by atoms with Crippen molar-refractivity contribution < 1.29 is 18.7 Å². The summed E-state index contributed by atoms with van der Waals surface area (Å²) in [5.41, 5.74) is 0.495. The lowest BCUT2D eigenvalue weighted by molar-refractivity contribution is 0.0421. The molecule has 4 rings (SSSR count). The Hall–Kier alpha value is -2.71. The molecule has 2 fully saturated rings. The van der Waals surface area contributed by atoms with Crippen LogP contribution in [-0.4, -0.2) is 49.2 Å². The molecule has 7 nitrogen and oxygen atoms in total. The number of nitrogens with zero attached hydrogens (tertiary/aromatic N) is 2. The van der Waals surface area contributed by atoms with Gasteiger partial charge in [0.15, 0.2) is 0 Å². The average Bonchev–Trinajstić information content (AvgIpc) is 3.33. The summed E-state index contributed by atoms with van der Waals surface area (Å²) in [6.45, 7) is 1.70. The first kappa shape index (κ1) is 23.4. The Bertz CT molecular complexity index is 1070. The number of urea groups is 1. The molecule has 2 N–H and O–H groups in total. The summed E-state index contributed by atoms with van der Waals surface area (Å²) in [5.74, 6) is -0.194. The summed E-state index contributed by atoms with van der Waals surface area (Å²) >= 11 is 2.11. The number of anilines is 1. The van der Waals surface area contributed by atoms with Gasteiger partial charge in [-0.3, -0.25) is 4.79 Å². The van der Waals surface area contributed by atoms with Crippen molar-refractivity contribution in [1.82, 2.24) is 10.2 Å².